The molecule has 1 fully saturated rings. The summed E-state index contributed by atoms with van der Waals surface area (Å²) in [7, 11) is -1.86. The smallest absolute Gasteiger partial charge is 0.423 e. The number of nitrogens with zero attached hydrogens (tertiary/aromatic N) is 1. The lowest BCUT2D eigenvalue weighted by molar-refractivity contribution is -0.141. The van der Waals surface area contributed by atoms with E-state index in [9.17, 15) is 43.6 Å². The van der Waals surface area contributed by atoms with Gasteiger partial charge in [0.1, 0.15) is 12.1 Å². The van der Waals surface area contributed by atoms with Gasteiger partial charge < -0.3 is 41.9 Å². The summed E-state index contributed by atoms with van der Waals surface area (Å²) >= 11 is 0. The maximum Gasteiger partial charge on any atom is 0.489 e. The summed E-state index contributed by atoms with van der Waals surface area (Å²) in [6, 6.07) is 26.1. The number of primary amides is 1. The Bertz CT molecular complexity index is 2390. The van der Waals surface area contributed by atoms with E-state index < -0.39 is 60.1 Å². The SMILES string of the molecule is CC(=O)c1ccc(-c2ccc(C[C@@H]3NC(=O)[C@]4(Cc5ccccc5)CCCN(C4)C(=O)/C=C/C(=O)NCC[C@@H](C(N)=O)NC(=O)Cc4ccccc4CNC3=O)cc2)cc1B(O)O. The number of piperidine rings is 1. The number of rotatable bonds is 8. The van der Waals surface area contributed by atoms with Crippen LogP contribution in [0.15, 0.2) is 109 Å². The molecule has 0 aromatic heterocycles. The van der Waals surface area contributed by atoms with Gasteiger partial charge in [0.15, 0.2) is 5.78 Å². The number of benzene rings is 4. The van der Waals surface area contributed by atoms with Gasteiger partial charge in [-0.25, -0.2) is 0 Å². The fourth-order valence-electron chi connectivity index (χ4n) is 8.15. The van der Waals surface area contributed by atoms with Crippen molar-refractivity contribution in [2.75, 3.05) is 19.6 Å². The third kappa shape index (κ3) is 11.9. The van der Waals surface area contributed by atoms with E-state index in [4.69, 9.17) is 5.73 Å². The van der Waals surface area contributed by atoms with Gasteiger partial charge in [0.25, 0.3) is 0 Å². The van der Waals surface area contributed by atoms with Crippen LogP contribution in [0.1, 0.15) is 58.8 Å². The molecule has 2 aliphatic rings. The number of nitrogens with one attached hydrogen (secondary N) is 4. The number of hydrogen-bond donors (Lipinski definition) is 7. The molecule has 0 spiro atoms. The summed E-state index contributed by atoms with van der Waals surface area (Å²) in [5.74, 6) is -3.61. The molecule has 63 heavy (non-hydrogen) atoms. The summed E-state index contributed by atoms with van der Waals surface area (Å²) in [4.78, 5) is 94.7. The minimum absolute atomic E-state index is 0.00204. The van der Waals surface area contributed by atoms with Gasteiger partial charge in [-0.3, -0.25) is 33.6 Å². The van der Waals surface area contributed by atoms with Crippen LogP contribution < -0.4 is 32.5 Å². The van der Waals surface area contributed by atoms with Crippen LogP contribution in [0.3, 0.4) is 0 Å². The lowest BCUT2D eigenvalue weighted by atomic mass is 9.74. The van der Waals surface area contributed by atoms with E-state index in [1.807, 2.05) is 30.3 Å². The first-order chi connectivity index (χ1) is 30.2. The van der Waals surface area contributed by atoms with Gasteiger partial charge in [-0.1, -0.05) is 97.1 Å². The number of carbonyl (C=O) groups excluding carboxylic acids is 7. The molecule has 3 atom stereocenters. The van der Waals surface area contributed by atoms with Crippen molar-refractivity contribution in [3.8, 4) is 11.1 Å². The molecule has 0 saturated carbocycles. The number of ketones is 1. The van der Waals surface area contributed by atoms with E-state index in [-0.39, 0.29) is 62.1 Å². The molecule has 0 aliphatic carbocycles. The van der Waals surface area contributed by atoms with Crippen LogP contribution in [-0.2, 0) is 54.6 Å². The maximum atomic E-state index is 14.9. The average molecular weight is 855 g/mol. The minimum atomic E-state index is -1.86. The van der Waals surface area contributed by atoms with E-state index in [1.165, 1.54) is 24.0 Å². The number of Topliss-reactive ketones (excluding diaryl/α,β-unsaturated/α-hetero) is 1. The molecular weight excluding hydrogens is 803 g/mol. The summed E-state index contributed by atoms with van der Waals surface area (Å²) in [5.41, 5.74) is 8.77. The molecular formula is C47H51BN6O9. The van der Waals surface area contributed by atoms with Crippen molar-refractivity contribution in [1.82, 2.24) is 26.2 Å². The van der Waals surface area contributed by atoms with Gasteiger partial charge >= 0.3 is 7.12 Å². The van der Waals surface area contributed by atoms with Crippen LogP contribution >= 0.6 is 0 Å². The topological polar surface area (TPSA) is 237 Å². The monoisotopic (exact) mass is 854 g/mol. The van der Waals surface area contributed by atoms with Gasteiger partial charge in [-0.15, -0.1) is 0 Å². The molecule has 1 saturated heterocycles. The molecule has 8 N–H and O–H groups in total. The van der Waals surface area contributed by atoms with E-state index in [1.54, 1.807) is 54.6 Å². The zero-order chi connectivity index (χ0) is 45.1. The normalized spacial score (nSPS) is 20.9. The van der Waals surface area contributed by atoms with Crippen molar-refractivity contribution >= 4 is 53.8 Å². The van der Waals surface area contributed by atoms with Crippen LogP contribution in [-0.4, -0.2) is 95.0 Å². The molecule has 2 heterocycles. The number of nitrogens with two attached hydrogens (primary N) is 1. The quantitative estimate of drug-likeness (QED) is 0.0989. The number of carbonyl (C=O) groups is 7. The fourth-order valence-corrected chi connectivity index (χ4v) is 8.15. The van der Waals surface area contributed by atoms with E-state index in [0.717, 1.165) is 17.7 Å². The maximum absolute atomic E-state index is 14.9. The molecule has 4 aromatic rings. The highest BCUT2D eigenvalue weighted by atomic mass is 16.4. The standard InChI is InChI=1S/C47H51BN6O9/c1-30(55)37-17-16-35(25-38(37)48(62)63)33-14-12-31(13-15-33)24-40-45(60)51-28-36-11-6-5-10-34(36)26-42(57)52-39(44(49)59)20-22-50-41(56)18-19-43(58)54-23-7-21-47(29-54,46(61)53-40)27-32-8-3-2-4-9-32/h2-6,8-19,25,39-40,62-63H,7,20-24,26-29H2,1H3,(H2,49,59)(H,50,56)(H,51,60)(H,52,57)(H,53,61)/b19-18+/t39-,40-,47-/m0/s1. The molecule has 15 nitrogen and oxygen atoms in total. The number of fused-ring (bicyclic) bond motifs is 3. The van der Waals surface area contributed by atoms with Crippen LogP contribution in [0.25, 0.3) is 11.1 Å². The molecule has 326 valence electrons. The molecule has 2 aliphatic heterocycles. The molecule has 4 aromatic carbocycles. The zero-order valence-electron chi connectivity index (χ0n) is 35.0. The van der Waals surface area contributed by atoms with Crippen molar-refractivity contribution in [3.05, 3.63) is 137 Å². The highest BCUT2D eigenvalue weighted by molar-refractivity contribution is 6.60. The van der Waals surface area contributed by atoms with E-state index in [2.05, 4.69) is 21.3 Å². The Morgan fingerprint density at radius 3 is 2.22 bits per heavy atom. The Labute approximate surface area is 365 Å². The molecule has 0 unspecified atom stereocenters. The third-order valence-corrected chi connectivity index (χ3v) is 11.5. The number of hydrogen-bond acceptors (Lipinski definition) is 9. The second-order valence-electron chi connectivity index (χ2n) is 16.1. The van der Waals surface area contributed by atoms with Crippen molar-refractivity contribution < 1.29 is 43.6 Å². The summed E-state index contributed by atoms with van der Waals surface area (Å²) in [6.45, 7) is 1.67. The summed E-state index contributed by atoms with van der Waals surface area (Å²) in [5, 5.41) is 31.2. The van der Waals surface area contributed by atoms with Crippen molar-refractivity contribution in [2.45, 2.75) is 64.1 Å². The van der Waals surface area contributed by atoms with Crippen molar-refractivity contribution in [3.63, 3.8) is 0 Å². The van der Waals surface area contributed by atoms with E-state index in [0.29, 0.717) is 47.2 Å². The predicted octanol–water partition coefficient (Wildman–Crippen LogP) is 1.02. The van der Waals surface area contributed by atoms with Gasteiger partial charge in [0.05, 0.1) is 11.8 Å². The second-order valence-corrected chi connectivity index (χ2v) is 16.1. The van der Waals surface area contributed by atoms with Gasteiger partial charge in [0.2, 0.25) is 35.4 Å². The Kier molecular flexibility index (Phi) is 15.0. The van der Waals surface area contributed by atoms with E-state index >= 15 is 0 Å². The lowest BCUT2D eigenvalue weighted by Crippen LogP contribution is -2.58. The summed E-state index contributed by atoms with van der Waals surface area (Å²) < 4.78 is 0. The first kappa shape index (κ1) is 45.6. The highest BCUT2D eigenvalue weighted by Gasteiger charge is 2.44. The Hall–Kier alpha value is -6.91. The van der Waals surface area contributed by atoms with Crippen molar-refractivity contribution in [2.24, 2.45) is 11.1 Å². The van der Waals surface area contributed by atoms with Crippen LogP contribution in [0.2, 0.25) is 0 Å². The van der Waals surface area contributed by atoms with Crippen LogP contribution in [0.5, 0.6) is 0 Å². The van der Waals surface area contributed by atoms with Gasteiger partial charge in [0, 0.05) is 50.3 Å². The van der Waals surface area contributed by atoms with Crippen LogP contribution in [0, 0.1) is 5.41 Å². The Morgan fingerprint density at radius 2 is 1.52 bits per heavy atom. The fraction of sp³-hybridized carbons (Fsp3) is 0.298. The number of amides is 6. The molecule has 6 amide bonds. The molecule has 0 radical (unpaired) electrons. The Morgan fingerprint density at radius 1 is 0.825 bits per heavy atom. The first-order valence-corrected chi connectivity index (χ1v) is 20.8. The Balaban J connectivity index is 1.34. The minimum Gasteiger partial charge on any atom is -0.423 e. The molecule has 6 rings (SSSR count). The predicted molar refractivity (Wildman–Crippen MR) is 236 cm³/mol. The van der Waals surface area contributed by atoms with Gasteiger partial charge in [-0.05, 0) is 71.5 Å². The average Bonchev–Trinajstić information content (AvgIpc) is 3.27. The first-order valence-electron chi connectivity index (χ1n) is 20.8. The lowest BCUT2D eigenvalue weighted by Gasteiger charge is -2.42. The zero-order valence-corrected chi connectivity index (χ0v) is 35.0. The third-order valence-electron chi connectivity index (χ3n) is 11.5. The molecule has 2 bridgehead atoms. The summed E-state index contributed by atoms with van der Waals surface area (Å²) in [6.07, 6.45) is 3.28. The van der Waals surface area contributed by atoms with Crippen LogP contribution in [0.4, 0.5) is 0 Å². The van der Waals surface area contributed by atoms with Gasteiger partial charge in [-0.2, -0.15) is 0 Å². The van der Waals surface area contributed by atoms with Crippen molar-refractivity contribution in [1.29, 1.82) is 0 Å². The highest BCUT2D eigenvalue weighted by Crippen LogP contribution is 2.35. The second kappa shape index (κ2) is 20.8. The molecule has 16 heteroatoms. The largest absolute Gasteiger partial charge is 0.489 e.